The number of hydrogen-bond donors (Lipinski definition) is 0. The molecular formula is C28H27NO5. The molecule has 0 atom stereocenters. The summed E-state index contributed by atoms with van der Waals surface area (Å²) in [5, 5.41) is 0.869. The van der Waals surface area contributed by atoms with Crippen molar-refractivity contribution < 1.29 is 18.6 Å². The van der Waals surface area contributed by atoms with Crippen molar-refractivity contribution in [2.75, 3.05) is 25.3 Å². The summed E-state index contributed by atoms with van der Waals surface area (Å²) in [7, 11) is 1.63. The first-order valence-corrected chi connectivity index (χ1v) is 11.5. The molecular weight excluding hydrogens is 430 g/mol. The molecule has 0 aliphatic carbocycles. The van der Waals surface area contributed by atoms with Crippen LogP contribution >= 0.6 is 0 Å². The van der Waals surface area contributed by atoms with Gasteiger partial charge in [0.25, 0.3) is 0 Å². The maximum Gasteiger partial charge on any atom is 0.336 e. The van der Waals surface area contributed by atoms with Gasteiger partial charge in [0.2, 0.25) is 0 Å². The molecule has 0 bridgehead atoms. The van der Waals surface area contributed by atoms with Crippen LogP contribution in [-0.4, -0.2) is 20.4 Å². The summed E-state index contributed by atoms with van der Waals surface area (Å²) < 4.78 is 22.8. The number of rotatable bonds is 7. The van der Waals surface area contributed by atoms with E-state index in [1.54, 1.807) is 7.11 Å². The molecule has 6 heteroatoms. The molecule has 3 aromatic carbocycles. The van der Waals surface area contributed by atoms with E-state index in [2.05, 4.69) is 11.8 Å². The molecule has 0 spiro atoms. The van der Waals surface area contributed by atoms with Crippen LogP contribution in [0.5, 0.6) is 17.2 Å². The van der Waals surface area contributed by atoms with Gasteiger partial charge in [-0.2, -0.15) is 0 Å². The smallest absolute Gasteiger partial charge is 0.336 e. The highest BCUT2D eigenvalue weighted by Gasteiger charge is 2.23. The summed E-state index contributed by atoms with van der Waals surface area (Å²) in [6, 6.07) is 21.1. The Morgan fingerprint density at radius 2 is 1.74 bits per heavy atom. The lowest BCUT2D eigenvalue weighted by atomic mass is 9.99. The van der Waals surface area contributed by atoms with Crippen molar-refractivity contribution in [2.24, 2.45) is 0 Å². The Balaban J connectivity index is 1.48. The normalized spacial score (nSPS) is 12.8. The molecule has 5 rings (SSSR count). The van der Waals surface area contributed by atoms with Crippen LogP contribution < -0.4 is 24.7 Å². The van der Waals surface area contributed by atoms with Crippen LogP contribution in [0.2, 0.25) is 0 Å². The number of fused-ring (bicyclic) bond motifs is 3. The van der Waals surface area contributed by atoms with E-state index in [1.165, 1.54) is 6.07 Å². The largest absolute Gasteiger partial charge is 0.497 e. The van der Waals surface area contributed by atoms with E-state index >= 15 is 0 Å². The van der Waals surface area contributed by atoms with E-state index in [9.17, 15) is 4.79 Å². The number of anilines is 1. The number of ether oxygens (including phenoxy) is 3. The molecule has 6 nitrogen and oxygen atoms in total. The van der Waals surface area contributed by atoms with Gasteiger partial charge in [0, 0.05) is 17.1 Å². The number of benzene rings is 3. The molecule has 2 heterocycles. The molecule has 0 amide bonds. The third-order valence-electron chi connectivity index (χ3n) is 6.07. The van der Waals surface area contributed by atoms with Crippen LogP contribution in [0.3, 0.4) is 0 Å². The molecule has 1 aliphatic heterocycles. The molecule has 1 aromatic heterocycles. The average Bonchev–Trinajstić information content (AvgIpc) is 2.88. The predicted molar refractivity (Wildman–Crippen MR) is 133 cm³/mol. The van der Waals surface area contributed by atoms with E-state index in [4.69, 9.17) is 18.6 Å². The Hall–Kier alpha value is -3.93. The lowest BCUT2D eigenvalue weighted by Crippen LogP contribution is -2.32. The highest BCUT2D eigenvalue weighted by Crippen LogP contribution is 2.37. The summed E-state index contributed by atoms with van der Waals surface area (Å²) in [6.07, 6.45) is 2.14. The Kier molecular flexibility index (Phi) is 6.12. The van der Waals surface area contributed by atoms with Gasteiger partial charge >= 0.3 is 5.63 Å². The molecule has 0 saturated carbocycles. The molecule has 34 heavy (non-hydrogen) atoms. The lowest BCUT2D eigenvalue weighted by Gasteiger charge is -2.31. The molecule has 1 aliphatic rings. The highest BCUT2D eigenvalue weighted by molar-refractivity contribution is 5.96. The Morgan fingerprint density at radius 3 is 2.47 bits per heavy atom. The fourth-order valence-corrected chi connectivity index (χ4v) is 4.20. The van der Waals surface area contributed by atoms with Crippen molar-refractivity contribution in [1.82, 2.24) is 0 Å². The zero-order valence-corrected chi connectivity index (χ0v) is 19.4. The van der Waals surface area contributed by atoms with Crippen LogP contribution in [-0.2, 0) is 6.54 Å². The molecule has 0 unspecified atom stereocenters. The quantitative estimate of drug-likeness (QED) is 0.250. The second kappa shape index (κ2) is 9.51. The maximum atomic E-state index is 12.5. The van der Waals surface area contributed by atoms with Gasteiger partial charge in [-0.05, 0) is 66.1 Å². The molecule has 0 radical (unpaired) electrons. The van der Waals surface area contributed by atoms with E-state index in [0.717, 1.165) is 64.5 Å². The number of unbranched alkanes of at least 4 members (excludes halogenated alkanes) is 1. The third-order valence-corrected chi connectivity index (χ3v) is 6.07. The zero-order valence-electron chi connectivity index (χ0n) is 19.4. The fourth-order valence-electron chi connectivity index (χ4n) is 4.20. The average molecular weight is 458 g/mol. The molecule has 0 saturated heterocycles. The van der Waals surface area contributed by atoms with Crippen molar-refractivity contribution in [1.29, 1.82) is 0 Å². The van der Waals surface area contributed by atoms with Crippen LogP contribution in [0.1, 0.15) is 25.3 Å². The number of hydrogen-bond acceptors (Lipinski definition) is 6. The van der Waals surface area contributed by atoms with Crippen molar-refractivity contribution in [2.45, 2.75) is 26.3 Å². The van der Waals surface area contributed by atoms with Crippen LogP contribution in [0.4, 0.5) is 5.69 Å². The summed E-state index contributed by atoms with van der Waals surface area (Å²) in [5.74, 6) is 2.36. The first-order chi connectivity index (χ1) is 16.7. The number of nitrogens with zero attached hydrogens (tertiary/aromatic N) is 1. The molecule has 0 N–H and O–H groups in total. The van der Waals surface area contributed by atoms with E-state index in [1.807, 2.05) is 60.7 Å². The fraction of sp³-hybridized carbons (Fsp3) is 0.250. The minimum Gasteiger partial charge on any atom is -0.497 e. The first kappa shape index (κ1) is 21.9. The highest BCUT2D eigenvalue weighted by atomic mass is 16.5. The number of methoxy groups -OCH3 is 1. The third kappa shape index (κ3) is 4.31. The molecule has 4 aromatic rings. The van der Waals surface area contributed by atoms with Gasteiger partial charge in [-0.3, -0.25) is 0 Å². The molecule has 174 valence electrons. The Labute approximate surface area is 198 Å². The standard InChI is InChI=1S/C28H27NO5/c1-3-4-15-32-22-11-7-20(8-12-22)29-17-25-26(33-18-29)14-13-23-24(16-27(30)34-28(23)25)19-5-9-21(31-2)10-6-19/h5-14,16H,3-4,15,17-18H2,1-2H3. The van der Waals surface area contributed by atoms with Crippen LogP contribution in [0.15, 0.2) is 75.9 Å². The SMILES string of the molecule is CCCCOc1ccc(N2COc3ccc4c(-c5ccc(OC)cc5)cc(=O)oc4c3C2)cc1. The second-order valence-corrected chi connectivity index (χ2v) is 8.29. The van der Waals surface area contributed by atoms with Gasteiger partial charge in [0.05, 0.1) is 25.8 Å². The van der Waals surface area contributed by atoms with Crippen LogP contribution in [0, 0.1) is 0 Å². The van der Waals surface area contributed by atoms with Gasteiger partial charge in [0.1, 0.15) is 22.8 Å². The zero-order chi connectivity index (χ0) is 23.5. The summed E-state index contributed by atoms with van der Waals surface area (Å²) >= 11 is 0. The summed E-state index contributed by atoms with van der Waals surface area (Å²) in [4.78, 5) is 14.6. The van der Waals surface area contributed by atoms with Gasteiger partial charge in [-0.15, -0.1) is 0 Å². The topological polar surface area (TPSA) is 61.1 Å². The van der Waals surface area contributed by atoms with Gasteiger partial charge in [-0.25, -0.2) is 4.79 Å². The van der Waals surface area contributed by atoms with Crippen molar-refractivity contribution in [3.63, 3.8) is 0 Å². The first-order valence-electron chi connectivity index (χ1n) is 11.5. The Morgan fingerprint density at radius 1 is 0.971 bits per heavy atom. The summed E-state index contributed by atoms with van der Waals surface area (Å²) in [6.45, 7) is 3.85. The minimum atomic E-state index is -0.391. The molecule has 0 fully saturated rings. The minimum absolute atomic E-state index is 0.391. The van der Waals surface area contributed by atoms with E-state index in [-0.39, 0.29) is 0 Å². The lowest BCUT2D eigenvalue weighted by molar-refractivity contribution is 0.288. The maximum absolute atomic E-state index is 12.5. The van der Waals surface area contributed by atoms with Crippen molar-refractivity contribution in [3.8, 4) is 28.4 Å². The van der Waals surface area contributed by atoms with Gasteiger partial charge in [0.15, 0.2) is 6.73 Å². The van der Waals surface area contributed by atoms with Crippen LogP contribution in [0.25, 0.3) is 22.1 Å². The van der Waals surface area contributed by atoms with Gasteiger partial charge in [-0.1, -0.05) is 25.5 Å². The summed E-state index contributed by atoms with van der Waals surface area (Å²) in [5.41, 5.74) is 3.78. The van der Waals surface area contributed by atoms with Crippen molar-refractivity contribution in [3.05, 3.63) is 82.7 Å². The van der Waals surface area contributed by atoms with Gasteiger partial charge < -0.3 is 23.5 Å². The van der Waals surface area contributed by atoms with E-state index in [0.29, 0.717) is 18.9 Å². The van der Waals surface area contributed by atoms with Crippen molar-refractivity contribution >= 4 is 16.7 Å². The van der Waals surface area contributed by atoms with E-state index < -0.39 is 5.63 Å². The Bertz CT molecular complexity index is 1340. The second-order valence-electron chi connectivity index (χ2n) is 8.29. The predicted octanol–water partition coefficient (Wildman–Crippen LogP) is 6.00. The monoisotopic (exact) mass is 457 g/mol.